The van der Waals surface area contributed by atoms with E-state index in [-0.39, 0.29) is 5.91 Å². The molecule has 1 aliphatic heterocycles. The Balaban J connectivity index is 1.51. The van der Waals surface area contributed by atoms with Gasteiger partial charge < -0.3 is 18.8 Å². The summed E-state index contributed by atoms with van der Waals surface area (Å²) in [4.78, 5) is 15.1. The van der Waals surface area contributed by atoms with Gasteiger partial charge in [-0.2, -0.15) is 0 Å². The third kappa shape index (κ3) is 4.54. The number of allylic oxidation sites excluding steroid dienone is 1. The Kier molecular flexibility index (Phi) is 6.32. The van der Waals surface area contributed by atoms with Crippen LogP contribution in [0.3, 0.4) is 0 Å². The number of hydrogen-bond acceptors (Lipinski definition) is 4. The molecule has 0 radical (unpaired) electrons. The van der Waals surface area contributed by atoms with Gasteiger partial charge in [0.1, 0.15) is 17.1 Å². The minimum atomic E-state index is 0.0137. The molecule has 2 heterocycles. The van der Waals surface area contributed by atoms with Gasteiger partial charge in [-0.05, 0) is 60.7 Å². The molecule has 1 aliphatic rings. The summed E-state index contributed by atoms with van der Waals surface area (Å²) in [5, 5.41) is 0.962. The number of nitrogens with zero attached hydrogens (tertiary/aromatic N) is 1. The van der Waals surface area contributed by atoms with Gasteiger partial charge in [0.15, 0.2) is 0 Å². The number of carbonyl (C=O) groups is 1. The van der Waals surface area contributed by atoms with E-state index < -0.39 is 0 Å². The van der Waals surface area contributed by atoms with Crippen LogP contribution in [0.15, 0.2) is 77.4 Å². The summed E-state index contributed by atoms with van der Waals surface area (Å²) in [6.07, 6.45) is 4.36. The third-order valence-corrected chi connectivity index (χ3v) is 6.56. The van der Waals surface area contributed by atoms with Gasteiger partial charge in [-0.1, -0.05) is 36.4 Å². The standard InChI is InChI=1S/C30H29NO4/c1-4-34-28-17-29-26(27(19-35-29)22-10-7-11-24(15-22)33-3)16-25(28)20(2)14-30(32)31-13-12-21-8-5-6-9-23(21)18-31/h5-11,14-17,19H,4,12-13,18H2,1-3H3/b20-14+. The quantitative estimate of drug-likeness (QED) is 0.304. The summed E-state index contributed by atoms with van der Waals surface area (Å²) < 4.78 is 17.2. The lowest BCUT2D eigenvalue weighted by atomic mass is 9.98. The second-order valence-corrected chi connectivity index (χ2v) is 8.76. The fourth-order valence-electron chi connectivity index (χ4n) is 4.69. The van der Waals surface area contributed by atoms with Gasteiger partial charge in [0, 0.05) is 41.7 Å². The van der Waals surface area contributed by atoms with Gasteiger partial charge in [-0.25, -0.2) is 0 Å². The van der Waals surface area contributed by atoms with Gasteiger partial charge >= 0.3 is 0 Å². The molecule has 0 saturated carbocycles. The lowest BCUT2D eigenvalue weighted by Gasteiger charge is -2.28. The van der Waals surface area contributed by atoms with E-state index in [1.807, 2.05) is 55.1 Å². The molecule has 0 atom stereocenters. The van der Waals surface area contributed by atoms with Crippen molar-refractivity contribution in [2.75, 3.05) is 20.3 Å². The molecule has 0 bridgehead atoms. The molecule has 0 aliphatic carbocycles. The molecular weight excluding hydrogens is 438 g/mol. The number of furan rings is 1. The first-order valence-electron chi connectivity index (χ1n) is 11.9. The Hall–Kier alpha value is -3.99. The molecule has 3 aromatic carbocycles. The maximum absolute atomic E-state index is 13.2. The van der Waals surface area contributed by atoms with Crippen LogP contribution in [-0.2, 0) is 17.8 Å². The molecule has 1 aromatic heterocycles. The first-order chi connectivity index (χ1) is 17.1. The van der Waals surface area contributed by atoms with Crippen molar-refractivity contribution in [2.45, 2.75) is 26.8 Å². The summed E-state index contributed by atoms with van der Waals surface area (Å²) >= 11 is 0. The Morgan fingerprint density at radius 3 is 2.71 bits per heavy atom. The zero-order chi connectivity index (χ0) is 24.4. The molecule has 5 rings (SSSR count). The van der Waals surface area contributed by atoms with Crippen LogP contribution in [0.1, 0.15) is 30.5 Å². The number of amides is 1. The number of hydrogen-bond donors (Lipinski definition) is 0. The van der Waals surface area contributed by atoms with Crippen LogP contribution in [-0.4, -0.2) is 31.1 Å². The van der Waals surface area contributed by atoms with Crippen LogP contribution < -0.4 is 9.47 Å². The van der Waals surface area contributed by atoms with E-state index in [0.717, 1.165) is 51.9 Å². The number of rotatable bonds is 6. The smallest absolute Gasteiger partial charge is 0.247 e. The number of benzene rings is 3. The third-order valence-electron chi connectivity index (χ3n) is 6.56. The molecule has 35 heavy (non-hydrogen) atoms. The monoisotopic (exact) mass is 467 g/mol. The van der Waals surface area contributed by atoms with E-state index in [0.29, 0.717) is 18.9 Å². The molecule has 1 amide bonds. The van der Waals surface area contributed by atoms with Crippen LogP contribution in [0.2, 0.25) is 0 Å². The minimum absolute atomic E-state index is 0.0137. The van der Waals surface area contributed by atoms with Crippen molar-refractivity contribution in [1.29, 1.82) is 0 Å². The second kappa shape index (κ2) is 9.71. The van der Waals surface area contributed by atoms with Crippen molar-refractivity contribution in [1.82, 2.24) is 4.90 Å². The first kappa shape index (κ1) is 22.8. The average Bonchev–Trinajstić information content (AvgIpc) is 3.31. The largest absolute Gasteiger partial charge is 0.497 e. The number of methoxy groups -OCH3 is 1. The van der Waals surface area contributed by atoms with E-state index in [1.165, 1.54) is 11.1 Å². The zero-order valence-electron chi connectivity index (χ0n) is 20.3. The molecular formula is C30H29NO4. The van der Waals surface area contributed by atoms with Crippen molar-refractivity contribution in [3.8, 4) is 22.6 Å². The topological polar surface area (TPSA) is 51.9 Å². The minimum Gasteiger partial charge on any atom is -0.497 e. The normalized spacial score (nSPS) is 13.6. The van der Waals surface area contributed by atoms with Crippen molar-refractivity contribution in [2.24, 2.45) is 0 Å². The summed E-state index contributed by atoms with van der Waals surface area (Å²) in [6, 6.07) is 20.2. The van der Waals surface area contributed by atoms with Gasteiger partial charge in [-0.3, -0.25) is 4.79 Å². The lowest BCUT2D eigenvalue weighted by Crippen LogP contribution is -2.34. The molecule has 5 nitrogen and oxygen atoms in total. The predicted octanol–water partition coefficient (Wildman–Crippen LogP) is 6.50. The fourth-order valence-corrected chi connectivity index (χ4v) is 4.69. The Bertz CT molecular complexity index is 1420. The van der Waals surface area contributed by atoms with Crippen LogP contribution in [0, 0.1) is 0 Å². The highest BCUT2D eigenvalue weighted by atomic mass is 16.5. The van der Waals surface area contributed by atoms with Crippen molar-refractivity contribution in [3.63, 3.8) is 0 Å². The van der Waals surface area contributed by atoms with E-state index >= 15 is 0 Å². The highest BCUT2D eigenvalue weighted by Gasteiger charge is 2.20. The molecule has 0 spiro atoms. The Labute approximate surface area is 205 Å². The molecule has 0 unspecified atom stereocenters. The van der Waals surface area contributed by atoms with E-state index in [4.69, 9.17) is 13.9 Å². The molecule has 5 heteroatoms. The maximum atomic E-state index is 13.2. The molecule has 4 aromatic rings. The van der Waals surface area contributed by atoms with E-state index in [1.54, 1.807) is 19.4 Å². The number of fused-ring (bicyclic) bond motifs is 2. The highest BCUT2D eigenvalue weighted by molar-refractivity contribution is 6.00. The SMILES string of the molecule is CCOc1cc2occ(-c3cccc(OC)c3)c2cc1/C(C)=C/C(=O)N1CCc2ccccc2C1. The fraction of sp³-hybridized carbons (Fsp3) is 0.233. The van der Waals surface area contributed by atoms with Crippen molar-refractivity contribution >= 4 is 22.4 Å². The van der Waals surface area contributed by atoms with Crippen LogP contribution >= 0.6 is 0 Å². The Morgan fingerprint density at radius 2 is 1.91 bits per heavy atom. The Morgan fingerprint density at radius 1 is 1.09 bits per heavy atom. The molecule has 0 saturated heterocycles. The zero-order valence-corrected chi connectivity index (χ0v) is 20.3. The van der Waals surface area contributed by atoms with Gasteiger partial charge in [0.2, 0.25) is 5.91 Å². The average molecular weight is 468 g/mol. The van der Waals surface area contributed by atoms with Crippen molar-refractivity contribution < 1.29 is 18.7 Å². The van der Waals surface area contributed by atoms with Crippen LogP contribution in [0.5, 0.6) is 11.5 Å². The maximum Gasteiger partial charge on any atom is 0.247 e. The number of carbonyl (C=O) groups excluding carboxylic acids is 1. The van der Waals surface area contributed by atoms with Gasteiger partial charge in [0.25, 0.3) is 0 Å². The van der Waals surface area contributed by atoms with Gasteiger partial charge in [0.05, 0.1) is 20.0 Å². The van der Waals surface area contributed by atoms with Crippen LogP contribution in [0.25, 0.3) is 27.7 Å². The summed E-state index contributed by atoms with van der Waals surface area (Å²) in [6.45, 7) is 5.79. The number of ether oxygens (including phenoxy) is 2. The summed E-state index contributed by atoms with van der Waals surface area (Å²) in [5.74, 6) is 1.50. The first-order valence-corrected chi connectivity index (χ1v) is 11.9. The second-order valence-electron chi connectivity index (χ2n) is 8.76. The van der Waals surface area contributed by atoms with Crippen LogP contribution in [0.4, 0.5) is 0 Å². The summed E-state index contributed by atoms with van der Waals surface area (Å²) in [7, 11) is 1.66. The predicted molar refractivity (Wildman–Crippen MR) is 139 cm³/mol. The molecule has 0 fully saturated rings. The van der Waals surface area contributed by atoms with Gasteiger partial charge in [-0.15, -0.1) is 0 Å². The van der Waals surface area contributed by atoms with Crippen molar-refractivity contribution in [3.05, 3.63) is 89.7 Å². The summed E-state index contributed by atoms with van der Waals surface area (Å²) in [5.41, 5.74) is 6.99. The lowest BCUT2D eigenvalue weighted by molar-refractivity contribution is -0.126. The van der Waals surface area contributed by atoms with E-state index in [2.05, 4.69) is 24.3 Å². The van der Waals surface area contributed by atoms with E-state index in [9.17, 15) is 4.79 Å². The molecule has 178 valence electrons. The highest BCUT2D eigenvalue weighted by Crippen LogP contribution is 2.38. The molecule has 0 N–H and O–H groups in total.